The SMILES string of the molecule is N#Cc1ncccc1COC(=O)c1cccc(N)c1. The molecule has 0 fully saturated rings. The minimum Gasteiger partial charge on any atom is -0.457 e. The van der Waals surface area contributed by atoms with Gasteiger partial charge in [0.05, 0.1) is 5.56 Å². The number of nitrogens with two attached hydrogens (primary N) is 1. The standard InChI is InChI=1S/C14H11N3O2/c15-8-13-11(4-2-6-17-13)9-19-14(18)10-3-1-5-12(16)7-10/h1-7H,9,16H2. The predicted octanol–water partition coefficient (Wildman–Crippen LogP) is 1.89. The second-order valence-electron chi connectivity index (χ2n) is 3.82. The van der Waals surface area contributed by atoms with Crippen LogP contribution in [0.2, 0.25) is 0 Å². The molecule has 0 spiro atoms. The highest BCUT2D eigenvalue weighted by atomic mass is 16.5. The van der Waals surface area contributed by atoms with Crippen LogP contribution in [0.3, 0.4) is 0 Å². The summed E-state index contributed by atoms with van der Waals surface area (Å²) in [5, 5.41) is 8.87. The van der Waals surface area contributed by atoms with E-state index in [-0.39, 0.29) is 12.3 Å². The molecule has 2 rings (SSSR count). The molecule has 2 aromatic rings. The maximum atomic E-state index is 11.8. The van der Waals surface area contributed by atoms with E-state index in [9.17, 15) is 4.79 Å². The topological polar surface area (TPSA) is 89.0 Å². The summed E-state index contributed by atoms with van der Waals surface area (Å²) in [6, 6.07) is 11.8. The number of rotatable bonds is 3. The Morgan fingerprint density at radius 1 is 1.37 bits per heavy atom. The number of hydrogen-bond acceptors (Lipinski definition) is 5. The van der Waals surface area contributed by atoms with Crippen LogP contribution in [-0.2, 0) is 11.3 Å². The molecule has 0 bridgehead atoms. The van der Waals surface area contributed by atoms with Crippen LogP contribution in [0.1, 0.15) is 21.6 Å². The number of pyridine rings is 1. The van der Waals surface area contributed by atoms with Crippen molar-refractivity contribution in [2.75, 3.05) is 5.73 Å². The van der Waals surface area contributed by atoms with Gasteiger partial charge in [0.2, 0.25) is 0 Å². The van der Waals surface area contributed by atoms with E-state index in [4.69, 9.17) is 15.7 Å². The summed E-state index contributed by atoms with van der Waals surface area (Å²) in [4.78, 5) is 15.7. The number of ether oxygens (including phenoxy) is 1. The molecule has 0 radical (unpaired) electrons. The van der Waals surface area contributed by atoms with E-state index in [2.05, 4.69) is 4.98 Å². The maximum absolute atomic E-state index is 11.8. The van der Waals surface area contributed by atoms with Gasteiger partial charge in [0.25, 0.3) is 0 Å². The Morgan fingerprint density at radius 2 is 2.21 bits per heavy atom. The molecule has 0 saturated carbocycles. The number of carbonyl (C=O) groups excluding carboxylic acids is 1. The highest BCUT2D eigenvalue weighted by molar-refractivity contribution is 5.90. The van der Waals surface area contributed by atoms with E-state index in [1.807, 2.05) is 6.07 Å². The van der Waals surface area contributed by atoms with Crippen molar-refractivity contribution < 1.29 is 9.53 Å². The monoisotopic (exact) mass is 253 g/mol. The molecule has 19 heavy (non-hydrogen) atoms. The zero-order valence-electron chi connectivity index (χ0n) is 10.0. The third-order valence-corrected chi connectivity index (χ3v) is 2.48. The first-order valence-electron chi connectivity index (χ1n) is 5.57. The lowest BCUT2D eigenvalue weighted by Gasteiger charge is -2.06. The Hall–Kier alpha value is -2.87. The predicted molar refractivity (Wildman–Crippen MR) is 68.9 cm³/mol. The normalized spacial score (nSPS) is 9.63. The fraction of sp³-hybridized carbons (Fsp3) is 0.0714. The molecule has 2 N–H and O–H groups in total. The summed E-state index contributed by atoms with van der Waals surface area (Å²) in [6.07, 6.45) is 1.52. The molecule has 5 nitrogen and oxygen atoms in total. The van der Waals surface area contributed by atoms with Gasteiger partial charge in [-0.05, 0) is 24.3 Å². The summed E-state index contributed by atoms with van der Waals surface area (Å²) in [5.74, 6) is -0.486. The number of esters is 1. The molecule has 1 aromatic carbocycles. The average molecular weight is 253 g/mol. The molecule has 0 unspecified atom stereocenters. The summed E-state index contributed by atoms with van der Waals surface area (Å²) in [6.45, 7) is 0.00433. The molecule has 0 aliphatic rings. The van der Waals surface area contributed by atoms with Crippen LogP contribution in [0.4, 0.5) is 5.69 Å². The van der Waals surface area contributed by atoms with Crippen LogP contribution in [0.5, 0.6) is 0 Å². The third kappa shape index (κ3) is 3.07. The van der Waals surface area contributed by atoms with E-state index >= 15 is 0 Å². The van der Waals surface area contributed by atoms with Crippen LogP contribution in [0.25, 0.3) is 0 Å². The van der Waals surface area contributed by atoms with Crippen molar-refractivity contribution in [3.8, 4) is 6.07 Å². The molecular weight excluding hydrogens is 242 g/mol. The molecule has 94 valence electrons. The number of nitrogens with zero attached hydrogens (tertiary/aromatic N) is 2. The van der Waals surface area contributed by atoms with Crippen molar-refractivity contribution in [2.24, 2.45) is 0 Å². The minimum absolute atomic E-state index is 0.00433. The van der Waals surface area contributed by atoms with Crippen molar-refractivity contribution >= 4 is 11.7 Å². The zero-order valence-corrected chi connectivity index (χ0v) is 10.0. The molecular formula is C14H11N3O2. The Kier molecular flexibility index (Phi) is 3.74. The summed E-state index contributed by atoms with van der Waals surface area (Å²) in [5.41, 5.74) is 7.28. The summed E-state index contributed by atoms with van der Waals surface area (Å²) >= 11 is 0. The van der Waals surface area contributed by atoms with Gasteiger partial charge < -0.3 is 10.5 Å². The quantitative estimate of drug-likeness (QED) is 0.666. The van der Waals surface area contributed by atoms with Crippen LogP contribution < -0.4 is 5.73 Å². The average Bonchev–Trinajstić information content (AvgIpc) is 2.45. The van der Waals surface area contributed by atoms with Crippen LogP contribution >= 0.6 is 0 Å². The molecule has 0 amide bonds. The highest BCUT2D eigenvalue weighted by Gasteiger charge is 2.09. The number of hydrogen-bond donors (Lipinski definition) is 1. The molecule has 0 saturated heterocycles. The minimum atomic E-state index is -0.486. The molecule has 0 aliphatic carbocycles. The molecule has 0 atom stereocenters. The summed E-state index contributed by atoms with van der Waals surface area (Å²) < 4.78 is 5.13. The van der Waals surface area contributed by atoms with Crippen molar-refractivity contribution in [3.05, 3.63) is 59.4 Å². The van der Waals surface area contributed by atoms with E-state index in [0.717, 1.165) is 0 Å². The van der Waals surface area contributed by atoms with Crippen molar-refractivity contribution in [1.82, 2.24) is 4.98 Å². The van der Waals surface area contributed by atoms with Gasteiger partial charge >= 0.3 is 5.97 Å². The largest absolute Gasteiger partial charge is 0.457 e. The number of nitrogen functional groups attached to an aromatic ring is 1. The van der Waals surface area contributed by atoms with Gasteiger partial charge in [-0.1, -0.05) is 12.1 Å². The van der Waals surface area contributed by atoms with Crippen molar-refractivity contribution in [2.45, 2.75) is 6.61 Å². The lowest BCUT2D eigenvalue weighted by atomic mass is 10.2. The van der Waals surface area contributed by atoms with Gasteiger partial charge in [-0.25, -0.2) is 9.78 Å². The summed E-state index contributed by atoms with van der Waals surface area (Å²) in [7, 11) is 0. The first kappa shape index (κ1) is 12.6. The van der Waals surface area contributed by atoms with Crippen molar-refractivity contribution in [1.29, 1.82) is 5.26 Å². The third-order valence-electron chi connectivity index (χ3n) is 2.48. The van der Waals surface area contributed by atoms with Crippen LogP contribution in [0, 0.1) is 11.3 Å². The lowest BCUT2D eigenvalue weighted by Crippen LogP contribution is -2.07. The number of aromatic nitrogens is 1. The molecule has 1 heterocycles. The fourth-order valence-electron chi connectivity index (χ4n) is 1.55. The number of carbonyl (C=O) groups is 1. The highest BCUT2D eigenvalue weighted by Crippen LogP contribution is 2.11. The van der Waals surface area contributed by atoms with Gasteiger partial charge in [0.15, 0.2) is 0 Å². The van der Waals surface area contributed by atoms with Crippen molar-refractivity contribution in [3.63, 3.8) is 0 Å². The Labute approximate surface area is 110 Å². The molecule has 0 aliphatic heterocycles. The Bertz CT molecular complexity index is 647. The van der Waals surface area contributed by atoms with E-state index in [0.29, 0.717) is 16.8 Å². The Morgan fingerprint density at radius 3 is 2.95 bits per heavy atom. The zero-order chi connectivity index (χ0) is 13.7. The number of nitriles is 1. The van der Waals surface area contributed by atoms with Gasteiger partial charge in [-0.3, -0.25) is 0 Å². The van der Waals surface area contributed by atoms with E-state index in [1.165, 1.54) is 12.3 Å². The second kappa shape index (κ2) is 5.65. The van der Waals surface area contributed by atoms with Gasteiger partial charge in [-0.15, -0.1) is 0 Å². The number of anilines is 1. The Balaban J connectivity index is 2.07. The second-order valence-corrected chi connectivity index (χ2v) is 3.82. The van der Waals surface area contributed by atoms with E-state index < -0.39 is 5.97 Å². The smallest absolute Gasteiger partial charge is 0.338 e. The van der Waals surface area contributed by atoms with Gasteiger partial charge in [-0.2, -0.15) is 5.26 Å². The fourth-order valence-corrected chi connectivity index (χ4v) is 1.55. The van der Waals surface area contributed by atoms with Gasteiger partial charge in [0, 0.05) is 17.4 Å². The number of benzene rings is 1. The maximum Gasteiger partial charge on any atom is 0.338 e. The first-order valence-corrected chi connectivity index (χ1v) is 5.57. The molecule has 5 heteroatoms. The van der Waals surface area contributed by atoms with Crippen LogP contribution in [0.15, 0.2) is 42.6 Å². The first-order chi connectivity index (χ1) is 9.20. The van der Waals surface area contributed by atoms with Crippen LogP contribution in [-0.4, -0.2) is 11.0 Å². The lowest BCUT2D eigenvalue weighted by molar-refractivity contribution is 0.0472. The van der Waals surface area contributed by atoms with Gasteiger partial charge in [0.1, 0.15) is 18.4 Å². The molecule has 1 aromatic heterocycles. The van der Waals surface area contributed by atoms with E-state index in [1.54, 1.807) is 30.3 Å².